The van der Waals surface area contributed by atoms with Crippen molar-refractivity contribution in [3.05, 3.63) is 47.0 Å². The SMILES string of the molecule is Cc1cc(CCl)nc(-c2ccc(F)c(C)c2)n1. The van der Waals surface area contributed by atoms with Crippen LogP contribution in [-0.4, -0.2) is 9.97 Å². The zero-order valence-electron chi connectivity index (χ0n) is 9.67. The Morgan fingerprint density at radius 3 is 2.59 bits per heavy atom. The van der Waals surface area contributed by atoms with E-state index >= 15 is 0 Å². The second kappa shape index (κ2) is 4.80. The van der Waals surface area contributed by atoms with E-state index in [1.54, 1.807) is 19.1 Å². The fraction of sp³-hybridized carbons (Fsp3) is 0.231. The van der Waals surface area contributed by atoms with Gasteiger partial charge in [0.1, 0.15) is 5.82 Å². The van der Waals surface area contributed by atoms with Gasteiger partial charge in [-0.15, -0.1) is 11.6 Å². The van der Waals surface area contributed by atoms with Gasteiger partial charge in [-0.05, 0) is 43.7 Å². The lowest BCUT2D eigenvalue weighted by molar-refractivity contribution is 0.618. The van der Waals surface area contributed by atoms with Gasteiger partial charge in [0.05, 0.1) is 11.6 Å². The molecule has 0 amide bonds. The summed E-state index contributed by atoms with van der Waals surface area (Å²) in [4.78, 5) is 8.66. The van der Waals surface area contributed by atoms with Gasteiger partial charge in [0.25, 0.3) is 0 Å². The molecule has 1 aromatic carbocycles. The highest BCUT2D eigenvalue weighted by atomic mass is 35.5. The van der Waals surface area contributed by atoms with Gasteiger partial charge in [-0.25, -0.2) is 14.4 Å². The number of benzene rings is 1. The molecule has 2 nitrogen and oxygen atoms in total. The molecule has 2 rings (SSSR count). The molecule has 17 heavy (non-hydrogen) atoms. The van der Waals surface area contributed by atoms with E-state index in [-0.39, 0.29) is 5.82 Å². The zero-order valence-corrected chi connectivity index (χ0v) is 10.4. The van der Waals surface area contributed by atoms with Crippen LogP contribution in [0.4, 0.5) is 4.39 Å². The summed E-state index contributed by atoms with van der Waals surface area (Å²) in [5, 5.41) is 0. The maximum atomic E-state index is 13.2. The maximum Gasteiger partial charge on any atom is 0.159 e. The van der Waals surface area contributed by atoms with Crippen molar-refractivity contribution in [2.24, 2.45) is 0 Å². The van der Waals surface area contributed by atoms with E-state index in [1.165, 1.54) is 6.07 Å². The molecule has 1 heterocycles. The van der Waals surface area contributed by atoms with Crippen molar-refractivity contribution in [1.29, 1.82) is 0 Å². The predicted molar refractivity (Wildman–Crippen MR) is 66.5 cm³/mol. The number of hydrogen-bond acceptors (Lipinski definition) is 2. The highest BCUT2D eigenvalue weighted by molar-refractivity contribution is 6.16. The van der Waals surface area contributed by atoms with E-state index in [9.17, 15) is 4.39 Å². The third-order valence-corrected chi connectivity index (χ3v) is 2.73. The second-order valence-corrected chi connectivity index (χ2v) is 4.19. The summed E-state index contributed by atoms with van der Waals surface area (Å²) in [6.45, 7) is 3.61. The fourth-order valence-electron chi connectivity index (χ4n) is 1.62. The Balaban J connectivity index is 2.52. The van der Waals surface area contributed by atoms with Gasteiger partial charge in [0.2, 0.25) is 0 Å². The lowest BCUT2D eigenvalue weighted by Gasteiger charge is -2.05. The van der Waals surface area contributed by atoms with Crippen molar-refractivity contribution in [2.75, 3.05) is 0 Å². The third kappa shape index (κ3) is 2.61. The molecule has 0 unspecified atom stereocenters. The fourth-order valence-corrected chi connectivity index (χ4v) is 1.75. The van der Waals surface area contributed by atoms with Crippen LogP contribution in [0.25, 0.3) is 11.4 Å². The highest BCUT2D eigenvalue weighted by Crippen LogP contribution is 2.19. The summed E-state index contributed by atoms with van der Waals surface area (Å²) in [6, 6.07) is 6.68. The van der Waals surface area contributed by atoms with Crippen molar-refractivity contribution >= 4 is 11.6 Å². The molecule has 0 radical (unpaired) electrons. The molecule has 88 valence electrons. The molecular formula is C13H12ClFN2. The molecule has 0 aliphatic carbocycles. The second-order valence-electron chi connectivity index (χ2n) is 3.92. The summed E-state index contributed by atoms with van der Waals surface area (Å²) in [5.74, 6) is 0.707. The van der Waals surface area contributed by atoms with Crippen LogP contribution in [-0.2, 0) is 5.88 Å². The maximum absolute atomic E-state index is 13.2. The highest BCUT2D eigenvalue weighted by Gasteiger charge is 2.06. The monoisotopic (exact) mass is 250 g/mol. The molecule has 0 bridgehead atoms. The Hall–Kier alpha value is -1.48. The largest absolute Gasteiger partial charge is 0.233 e. The van der Waals surface area contributed by atoms with Gasteiger partial charge in [0.15, 0.2) is 5.82 Å². The van der Waals surface area contributed by atoms with Crippen molar-refractivity contribution in [2.45, 2.75) is 19.7 Å². The van der Waals surface area contributed by atoms with Crippen molar-refractivity contribution in [3.63, 3.8) is 0 Å². The molecule has 1 aromatic heterocycles. The average Bonchev–Trinajstić information content (AvgIpc) is 2.32. The molecule has 0 saturated carbocycles. The minimum atomic E-state index is -0.223. The van der Waals surface area contributed by atoms with Crippen LogP contribution < -0.4 is 0 Å². The van der Waals surface area contributed by atoms with E-state index in [0.29, 0.717) is 17.3 Å². The molecule has 0 fully saturated rings. The minimum Gasteiger partial charge on any atom is -0.233 e. The average molecular weight is 251 g/mol. The first-order chi connectivity index (χ1) is 8.10. The summed E-state index contributed by atoms with van der Waals surface area (Å²) >= 11 is 5.76. The first-order valence-corrected chi connectivity index (χ1v) is 5.80. The van der Waals surface area contributed by atoms with Crippen LogP contribution in [0.5, 0.6) is 0 Å². The van der Waals surface area contributed by atoms with Crippen LogP contribution >= 0.6 is 11.6 Å². The summed E-state index contributed by atoms with van der Waals surface area (Å²) in [5.41, 5.74) is 3.02. The number of hydrogen-bond donors (Lipinski definition) is 0. The lowest BCUT2D eigenvalue weighted by atomic mass is 10.1. The molecular weight excluding hydrogens is 239 g/mol. The normalized spacial score (nSPS) is 10.6. The smallest absolute Gasteiger partial charge is 0.159 e. The van der Waals surface area contributed by atoms with Gasteiger partial charge in [0, 0.05) is 11.3 Å². The van der Waals surface area contributed by atoms with Crippen LogP contribution in [0, 0.1) is 19.7 Å². The van der Waals surface area contributed by atoms with Gasteiger partial charge >= 0.3 is 0 Å². The standard InChI is InChI=1S/C13H12ClFN2/c1-8-5-10(3-4-12(8)15)13-16-9(2)6-11(7-14)17-13/h3-6H,7H2,1-2H3. The van der Waals surface area contributed by atoms with Gasteiger partial charge in [-0.1, -0.05) is 0 Å². The van der Waals surface area contributed by atoms with Crippen LogP contribution in [0.1, 0.15) is 17.0 Å². The number of rotatable bonds is 2. The number of halogens is 2. The van der Waals surface area contributed by atoms with Crippen LogP contribution in [0.15, 0.2) is 24.3 Å². The minimum absolute atomic E-state index is 0.223. The molecule has 2 aromatic rings. The van der Waals surface area contributed by atoms with E-state index in [2.05, 4.69) is 9.97 Å². The first kappa shape index (κ1) is 12.0. The van der Waals surface area contributed by atoms with Crippen molar-refractivity contribution in [3.8, 4) is 11.4 Å². The van der Waals surface area contributed by atoms with Crippen molar-refractivity contribution < 1.29 is 4.39 Å². The third-order valence-electron chi connectivity index (χ3n) is 2.46. The number of aromatic nitrogens is 2. The summed E-state index contributed by atoms with van der Waals surface area (Å²) in [7, 11) is 0. The van der Waals surface area contributed by atoms with Gasteiger partial charge < -0.3 is 0 Å². The molecule has 0 spiro atoms. The molecule has 4 heteroatoms. The number of nitrogens with zero attached hydrogens (tertiary/aromatic N) is 2. The van der Waals surface area contributed by atoms with E-state index in [4.69, 9.17) is 11.6 Å². The quantitative estimate of drug-likeness (QED) is 0.761. The van der Waals surface area contributed by atoms with Crippen LogP contribution in [0.3, 0.4) is 0 Å². The molecule has 0 atom stereocenters. The molecule has 0 aliphatic rings. The number of aryl methyl sites for hydroxylation is 2. The Morgan fingerprint density at radius 2 is 1.94 bits per heavy atom. The van der Waals surface area contributed by atoms with E-state index in [1.807, 2.05) is 13.0 Å². The predicted octanol–water partition coefficient (Wildman–Crippen LogP) is 3.64. The van der Waals surface area contributed by atoms with Crippen LogP contribution in [0.2, 0.25) is 0 Å². The Labute approximate surface area is 104 Å². The topological polar surface area (TPSA) is 25.8 Å². The van der Waals surface area contributed by atoms with Crippen molar-refractivity contribution in [1.82, 2.24) is 9.97 Å². The Kier molecular flexibility index (Phi) is 3.38. The molecule has 0 aliphatic heterocycles. The zero-order chi connectivity index (χ0) is 12.4. The van der Waals surface area contributed by atoms with Gasteiger partial charge in [-0.3, -0.25) is 0 Å². The van der Waals surface area contributed by atoms with Gasteiger partial charge in [-0.2, -0.15) is 0 Å². The summed E-state index contributed by atoms with van der Waals surface area (Å²) < 4.78 is 13.2. The summed E-state index contributed by atoms with van der Waals surface area (Å²) in [6.07, 6.45) is 0. The lowest BCUT2D eigenvalue weighted by Crippen LogP contribution is -1.97. The Bertz CT molecular complexity index is 555. The number of alkyl halides is 1. The van der Waals surface area contributed by atoms with E-state index in [0.717, 1.165) is 17.0 Å². The molecule has 0 N–H and O–H groups in total. The molecule has 0 saturated heterocycles. The Morgan fingerprint density at radius 1 is 1.18 bits per heavy atom. The van der Waals surface area contributed by atoms with E-state index < -0.39 is 0 Å². The first-order valence-electron chi connectivity index (χ1n) is 5.27.